The van der Waals surface area contributed by atoms with Gasteiger partial charge in [-0.05, 0) is 49.9 Å². The topological polar surface area (TPSA) is 60.2 Å². The van der Waals surface area contributed by atoms with Crippen molar-refractivity contribution in [2.45, 2.75) is 31.8 Å². The van der Waals surface area contributed by atoms with Gasteiger partial charge in [0, 0.05) is 30.4 Å². The molecule has 1 aromatic carbocycles. The molecule has 1 aliphatic rings. The van der Waals surface area contributed by atoms with Crippen molar-refractivity contribution in [3.8, 4) is 0 Å². The van der Waals surface area contributed by atoms with Crippen molar-refractivity contribution in [1.29, 1.82) is 0 Å². The number of nitrogen functional groups attached to an aromatic ring is 1. The highest BCUT2D eigenvalue weighted by atomic mass is 16.5. The minimum absolute atomic E-state index is 0.412. The highest BCUT2D eigenvalue weighted by Gasteiger charge is 2.13. The van der Waals surface area contributed by atoms with Crippen molar-refractivity contribution in [3.63, 3.8) is 0 Å². The molecule has 0 amide bonds. The minimum Gasteiger partial charge on any atom is -0.397 e. The third-order valence-electron chi connectivity index (χ3n) is 3.86. The SMILES string of the molecule is Nc1ccc(NCCC2CCCCO2)c2cccnc12. The molecule has 0 aliphatic carbocycles. The number of nitrogens with zero attached hydrogens (tertiary/aromatic N) is 1. The summed E-state index contributed by atoms with van der Waals surface area (Å²) in [4.78, 5) is 4.35. The van der Waals surface area contributed by atoms with Gasteiger partial charge in [-0.15, -0.1) is 0 Å². The van der Waals surface area contributed by atoms with Crippen molar-refractivity contribution in [3.05, 3.63) is 30.5 Å². The second kappa shape index (κ2) is 6.09. The van der Waals surface area contributed by atoms with Crippen LogP contribution < -0.4 is 11.1 Å². The lowest BCUT2D eigenvalue weighted by atomic mass is 10.1. The predicted molar refractivity (Wildman–Crippen MR) is 82.9 cm³/mol. The second-order valence-corrected chi connectivity index (χ2v) is 5.31. The van der Waals surface area contributed by atoms with Crippen LogP contribution in [-0.4, -0.2) is 24.2 Å². The maximum atomic E-state index is 5.96. The predicted octanol–water partition coefficient (Wildman–Crippen LogP) is 3.19. The Morgan fingerprint density at radius 1 is 1.30 bits per heavy atom. The Morgan fingerprint density at radius 3 is 3.10 bits per heavy atom. The number of hydrogen-bond donors (Lipinski definition) is 2. The van der Waals surface area contributed by atoms with Crippen molar-refractivity contribution < 1.29 is 4.74 Å². The molecule has 4 nitrogen and oxygen atoms in total. The molecule has 2 aromatic rings. The standard InChI is InChI=1S/C16H21N3O/c17-14-6-7-15(13-5-3-9-19-16(13)14)18-10-8-12-4-1-2-11-20-12/h3,5-7,9,12,18H,1-2,4,8,10-11,17H2. The maximum Gasteiger partial charge on any atom is 0.0951 e. The van der Waals surface area contributed by atoms with Gasteiger partial charge in [-0.25, -0.2) is 0 Å². The van der Waals surface area contributed by atoms with Crippen molar-refractivity contribution in [1.82, 2.24) is 4.98 Å². The third kappa shape index (κ3) is 2.85. The Labute approximate surface area is 119 Å². The van der Waals surface area contributed by atoms with E-state index in [0.29, 0.717) is 6.10 Å². The number of anilines is 2. The molecule has 0 spiro atoms. The van der Waals surface area contributed by atoms with Crippen LogP contribution in [0, 0.1) is 0 Å². The lowest BCUT2D eigenvalue weighted by Gasteiger charge is -2.22. The van der Waals surface area contributed by atoms with Gasteiger partial charge in [0.2, 0.25) is 0 Å². The van der Waals surface area contributed by atoms with Crippen LogP contribution in [0.15, 0.2) is 30.5 Å². The average Bonchev–Trinajstić information content (AvgIpc) is 2.51. The number of fused-ring (bicyclic) bond motifs is 1. The first-order valence-corrected chi connectivity index (χ1v) is 7.33. The van der Waals surface area contributed by atoms with Crippen LogP contribution in [0.5, 0.6) is 0 Å². The Morgan fingerprint density at radius 2 is 2.25 bits per heavy atom. The van der Waals surface area contributed by atoms with Gasteiger partial charge in [-0.3, -0.25) is 4.98 Å². The van der Waals surface area contributed by atoms with E-state index in [0.717, 1.165) is 41.9 Å². The molecule has 3 N–H and O–H groups in total. The summed E-state index contributed by atoms with van der Waals surface area (Å²) < 4.78 is 5.75. The van der Waals surface area contributed by atoms with E-state index in [2.05, 4.69) is 16.4 Å². The van der Waals surface area contributed by atoms with E-state index < -0.39 is 0 Å². The normalized spacial score (nSPS) is 19.1. The minimum atomic E-state index is 0.412. The van der Waals surface area contributed by atoms with Crippen molar-refractivity contribution in [2.75, 3.05) is 24.2 Å². The van der Waals surface area contributed by atoms with Crippen molar-refractivity contribution in [2.24, 2.45) is 0 Å². The van der Waals surface area contributed by atoms with Crippen LogP contribution in [-0.2, 0) is 4.74 Å². The lowest BCUT2D eigenvalue weighted by molar-refractivity contribution is 0.0134. The molecule has 1 aromatic heterocycles. The fourth-order valence-electron chi connectivity index (χ4n) is 2.75. The number of nitrogens with two attached hydrogens (primary N) is 1. The number of aromatic nitrogens is 1. The van der Waals surface area contributed by atoms with E-state index in [9.17, 15) is 0 Å². The first kappa shape index (κ1) is 13.2. The van der Waals surface area contributed by atoms with E-state index in [4.69, 9.17) is 10.5 Å². The van der Waals surface area contributed by atoms with Crippen LogP contribution in [0.3, 0.4) is 0 Å². The molecule has 2 heterocycles. The van der Waals surface area contributed by atoms with Gasteiger partial charge in [0.1, 0.15) is 0 Å². The fourth-order valence-corrected chi connectivity index (χ4v) is 2.75. The van der Waals surface area contributed by atoms with E-state index >= 15 is 0 Å². The monoisotopic (exact) mass is 271 g/mol. The van der Waals surface area contributed by atoms with Crippen molar-refractivity contribution >= 4 is 22.3 Å². The van der Waals surface area contributed by atoms with Gasteiger partial charge in [0.05, 0.1) is 17.3 Å². The molecule has 1 fully saturated rings. The first-order valence-electron chi connectivity index (χ1n) is 7.33. The zero-order chi connectivity index (χ0) is 13.8. The molecule has 0 saturated carbocycles. The van der Waals surface area contributed by atoms with Crippen LogP contribution in [0.25, 0.3) is 10.9 Å². The smallest absolute Gasteiger partial charge is 0.0951 e. The highest BCUT2D eigenvalue weighted by molar-refractivity contribution is 5.98. The molecule has 20 heavy (non-hydrogen) atoms. The van der Waals surface area contributed by atoms with E-state index in [1.165, 1.54) is 19.3 Å². The molecule has 1 unspecified atom stereocenters. The molecule has 0 bridgehead atoms. The largest absolute Gasteiger partial charge is 0.397 e. The molecule has 1 aliphatic heterocycles. The van der Waals surface area contributed by atoms with E-state index in [1.807, 2.05) is 18.2 Å². The maximum absolute atomic E-state index is 5.96. The summed E-state index contributed by atoms with van der Waals surface area (Å²) in [6, 6.07) is 7.94. The van der Waals surface area contributed by atoms with Crippen LogP contribution in [0.2, 0.25) is 0 Å². The Kier molecular flexibility index (Phi) is 4.02. The first-order chi connectivity index (χ1) is 9.84. The van der Waals surface area contributed by atoms with Crippen LogP contribution >= 0.6 is 0 Å². The molecule has 4 heteroatoms. The third-order valence-corrected chi connectivity index (χ3v) is 3.86. The summed E-state index contributed by atoms with van der Waals surface area (Å²) in [5.74, 6) is 0. The average molecular weight is 271 g/mol. The Hall–Kier alpha value is -1.81. The molecule has 3 rings (SSSR count). The van der Waals surface area contributed by atoms with Crippen LogP contribution in [0.4, 0.5) is 11.4 Å². The molecular weight excluding hydrogens is 250 g/mol. The summed E-state index contributed by atoms with van der Waals surface area (Å²) in [7, 11) is 0. The Bertz CT molecular complexity index is 579. The number of hydrogen-bond acceptors (Lipinski definition) is 4. The van der Waals surface area contributed by atoms with E-state index in [-0.39, 0.29) is 0 Å². The summed E-state index contributed by atoms with van der Waals surface area (Å²) in [5.41, 5.74) is 8.65. The zero-order valence-electron chi connectivity index (χ0n) is 11.6. The number of ether oxygens (including phenoxy) is 1. The summed E-state index contributed by atoms with van der Waals surface area (Å²) in [6.07, 6.45) is 6.92. The van der Waals surface area contributed by atoms with Gasteiger partial charge in [0.25, 0.3) is 0 Å². The van der Waals surface area contributed by atoms with Gasteiger partial charge < -0.3 is 15.8 Å². The summed E-state index contributed by atoms with van der Waals surface area (Å²) in [6.45, 7) is 1.83. The second-order valence-electron chi connectivity index (χ2n) is 5.31. The van der Waals surface area contributed by atoms with Gasteiger partial charge in [-0.1, -0.05) is 0 Å². The lowest BCUT2D eigenvalue weighted by Crippen LogP contribution is -2.22. The molecule has 0 radical (unpaired) electrons. The van der Waals surface area contributed by atoms with Gasteiger partial charge in [0.15, 0.2) is 0 Å². The molecule has 1 atom stereocenters. The van der Waals surface area contributed by atoms with Crippen LogP contribution in [0.1, 0.15) is 25.7 Å². The highest BCUT2D eigenvalue weighted by Crippen LogP contribution is 2.26. The van der Waals surface area contributed by atoms with E-state index in [1.54, 1.807) is 6.20 Å². The van der Waals surface area contributed by atoms with Gasteiger partial charge in [-0.2, -0.15) is 0 Å². The zero-order valence-corrected chi connectivity index (χ0v) is 11.6. The number of benzene rings is 1. The Balaban J connectivity index is 1.67. The number of rotatable bonds is 4. The van der Waals surface area contributed by atoms with Gasteiger partial charge >= 0.3 is 0 Å². The molecular formula is C16H21N3O. The fraction of sp³-hybridized carbons (Fsp3) is 0.438. The number of pyridine rings is 1. The quantitative estimate of drug-likeness (QED) is 0.838. The molecule has 106 valence electrons. The summed E-state index contributed by atoms with van der Waals surface area (Å²) >= 11 is 0. The number of nitrogens with one attached hydrogen (secondary N) is 1. The summed E-state index contributed by atoms with van der Waals surface area (Å²) in [5, 5.41) is 4.57. The molecule has 1 saturated heterocycles.